The zero-order valence-electron chi connectivity index (χ0n) is 12.6. The van der Waals surface area contributed by atoms with Crippen molar-refractivity contribution >= 4 is 23.0 Å². The number of nitrogens with one attached hydrogen (secondary N) is 1. The van der Waals surface area contributed by atoms with Gasteiger partial charge in [-0.05, 0) is 57.2 Å². The minimum Gasteiger partial charge on any atom is -0.481 e. The topological polar surface area (TPSA) is 50.7 Å². The van der Waals surface area contributed by atoms with Gasteiger partial charge in [0.05, 0.1) is 10.6 Å². The normalized spacial score (nSPS) is 12.8. The van der Waals surface area contributed by atoms with Gasteiger partial charge in [-0.15, -0.1) is 11.3 Å². The van der Waals surface area contributed by atoms with Gasteiger partial charge in [-0.25, -0.2) is 9.82 Å². The number of benzene rings is 1. The summed E-state index contributed by atoms with van der Waals surface area (Å²) >= 11 is 1.61. The molecule has 6 heteroatoms. The molecule has 116 valence electrons. The number of ether oxygens (including phenoxy) is 1. The molecule has 22 heavy (non-hydrogen) atoms. The van der Waals surface area contributed by atoms with Gasteiger partial charge < -0.3 is 4.74 Å². The van der Waals surface area contributed by atoms with Gasteiger partial charge in [0.2, 0.25) is 0 Å². The van der Waals surface area contributed by atoms with E-state index in [4.69, 9.17) is 4.74 Å². The number of aryl methyl sites for hydroxylation is 1. The van der Waals surface area contributed by atoms with E-state index in [2.05, 4.69) is 10.5 Å². The van der Waals surface area contributed by atoms with E-state index in [9.17, 15) is 9.18 Å². The maximum absolute atomic E-state index is 12.8. The summed E-state index contributed by atoms with van der Waals surface area (Å²) in [7, 11) is 0. The van der Waals surface area contributed by atoms with Gasteiger partial charge in [-0.1, -0.05) is 0 Å². The molecule has 2 aromatic rings. The van der Waals surface area contributed by atoms with Crippen LogP contribution in [0, 0.1) is 12.7 Å². The highest BCUT2D eigenvalue weighted by Crippen LogP contribution is 2.16. The number of thiophene rings is 1. The van der Waals surface area contributed by atoms with Crippen LogP contribution >= 0.6 is 11.3 Å². The van der Waals surface area contributed by atoms with Crippen molar-refractivity contribution in [3.63, 3.8) is 0 Å². The Labute approximate surface area is 132 Å². The summed E-state index contributed by atoms with van der Waals surface area (Å²) in [5, 5.41) is 4.07. The fourth-order valence-electron chi connectivity index (χ4n) is 1.68. The summed E-state index contributed by atoms with van der Waals surface area (Å²) in [4.78, 5) is 14.1. The molecule has 1 aromatic heterocycles. The number of amides is 1. The van der Waals surface area contributed by atoms with E-state index >= 15 is 0 Å². The molecule has 1 aromatic carbocycles. The SMILES string of the molecule is C/C(=N/NC(=O)[C@H](C)Oc1ccc(F)cc1)c1ccc(C)s1. The molecule has 1 heterocycles. The second kappa shape index (κ2) is 7.17. The van der Waals surface area contributed by atoms with Crippen LogP contribution < -0.4 is 10.2 Å². The molecule has 0 aliphatic heterocycles. The summed E-state index contributed by atoms with van der Waals surface area (Å²) in [6, 6.07) is 9.47. The molecule has 0 fully saturated rings. The maximum atomic E-state index is 12.8. The van der Waals surface area contributed by atoms with E-state index in [1.54, 1.807) is 18.3 Å². The Kier molecular flexibility index (Phi) is 5.27. The number of hydrazone groups is 1. The van der Waals surface area contributed by atoms with E-state index in [1.165, 1.54) is 29.1 Å². The third-order valence-corrected chi connectivity index (χ3v) is 4.04. The van der Waals surface area contributed by atoms with E-state index in [0.29, 0.717) is 5.75 Å². The number of hydrogen-bond acceptors (Lipinski definition) is 4. The van der Waals surface area contributed by atoms with E-state index in [-0.39, 0.29) is 11.7 Å². The lowest BCUT2D eigenvalue weighted by Gasteiger charge is -2.13. The van der Waals surface area contributed by atoms with Crippen LogP contribution in [0.5, 0.6) is 5.75 Å². The van der Waals surface area contributed by atoms with Crippen molar-refractivity contribution in [2.24, 2.45) is 5.10 Å². The first kappa shape index (κ1) is 16.2. The summed E-state index contributed by atoms with van der Waals surface area (Å²) in [6.07, 6.45) is -0.730. The Balaban J connectivity index is 1.92. The third kappa shape index (κ3) is 4.39. The number of nitrogens with zero attached hydrogens (tertiary/aromatic N) is 1. The first-order valence-electron chi connectivity index (χ1n) is 6.79. The average Bonchev–Trinajstić information content (AvgIpc) is 2.93. The molecule has 4 nitrogen and oxygen atoms in total. The predicted molar refractivity (Wildman–Crippen MR) is 85.9 cm³/mol. The third-order valence-electron chi connectivity index (χ3n) is 2.93. The maximum Gasteiger partial charge on any atom is 0.280 e. The molecule has 0 spiro atoms. The van der Waals surface area contributed by atoms with Crippen molar-refractivity contribution in [3.05, 3.63) is 52.0 Å². The van der Waals surface area contributed by atoms with Gasteiger partial charge in [0.25, 0.3) is 5.91 Å². The van der Waals surface area contributed by atoms with E-state index in [1.807, 2.05) is 26.0 Å². The Bertz CT molecular complexity index is 680. The second-order valence-electron chi connectivity index (χ2n) is 4.80. The highest BCUT2D eigenvalue weighted by atomic mass is 32.1. The van der Waals surface area contributed by atoms with E-state index in [0.717, 1.165) is 10.6 Å². The summed E-state index contributed by atoms with van der Waals surface area (Å²) in [5.41, 5.74) is 3.21. The van der Waals surface area contributed by atoms with Crippen LogP contribution in [0.4, 0.5) is 4.39 Å². The number of halogens is 1. The Morgan fingerprint density at radius 1 is 1.27 bits per heavy atom. The predicted octanol–water partition coefficient (Wildman–Crippen LogP) is 3.50. The summed E-state index contributed by atoms with van der Waals surface area (Å²) in [5.74, 6) is -0.286. The first-order valence-corrected chi connectivity index (χ1v) is 7.60. The Hall–Kier alpha value is -2.21. The van der Waals surface area contributed by atoms with Crippen LogP contribution in [0.3, 0.4) is 0 Å². The lowest BCUT2D eigenvalue weighted by molar-refractivity contribution is -0.127. The van der Waals surface area contributed by atoms with Crippen molar-refractivity contribution in [1.29, 1.82) is 0 Å². The van der Waals surface area contributed by atoms with Gasteiger partial charge in [-0.3, -0.25) is 4.79 Å². The number of carbonyl (C=O) groups excluding carboxylic acids is 1. The molecule has 0 unspecified atom stereocenters. The molecular weight excluding hydrogens is 303 g/mol. The molecular formula is C16H17FN2O2S. The Morgan fingerprint density at radius 3 is 2.55 bits per heavy atom. The highest BCUT2D eigenvalue weighted by molar-refractivity contribution is 7.14. The minimum absolute atomic E-state index is 0.351. The van der Waals surface area contributed by atoms with Gasteiger partial charge in [-0.2, -0.15) is 5.10 Å². The molecule has 0 radical (unpaired) electrons. The van der Waals surface area contributed by atoms with Crippen molar-refractivity contribution in [2.45, 2.75) is 26.9 Å². The van der Waals surface area contributed by atoms with Crippen LogP contribution in [-0.4, -0.2) is 17.7 Å². The van der Waals surface area contributed by atoms with Gasteiger partial charge in [0.15, 0.2) is 6.10 Å². The van der Waals surface area contributed by atoms with Crippen LogP contribution in [0.1, 0.15) is 23.6 Å². The van der Waals surface area contributed by atoms with Crippen molar-refractivity contribution in [2.75, 3.05) is 0 Å². The minimum atomic E-state index is -0.730. The molecule has 1 N–H and O–H groups in total. The quantitative estimate of drug-likeness (QED) is 0.677. The molecule has 0 bridgehead atoms. The van der Waals surface area contributed by atoms with Crippen LogP contribution in [-0.2, 0) is 4.79 Å². The fourth-order valence-corrected chi connectivity index (χ4v) is 2.50. The van der Waals surface area contributed by atoms with Gasteiger partial charge in [0.1, 0.15) is 11.6 Å². The zero-order valence-corrected chi connectivity index (χ0v) is 13.4. The van der Waals surface area contributed by atoms with Crippen molar-refractivity contribution < 1.29 is 13.9 Å². The largest absolute Gasteiger partial charge is 0.481 e. The molecule has 0 aliphatic rings. The molecule has 0 aliphatic carbocycles. The van der Waals surface area contributed by atoms with Gasteiger partial charge in [0, 0.05) is 4.88 Å². The van der Waals surface area contributed by atoms with Gasteiger partial charge >= 0.3 is 0 Å². The second-order valence-corrected chi connectivity index (χ2v) is 6.09. The molecule has 0 saturated heterocycles. The van der Waals surface area contributed by atoms with Crippen molar-refractivity contribution in [1.82, 2.24) is 5.43 Å². The van der Waals surface area contributed by atoms with Crippen LogP contribution in [0.25, 0.3) is 0 Å². The molecule has 1 atom stereocenters. The average molecular weight is 320 g/mol. The first-order chi connectivity index (χ1) is 10.5. The standard InChI is InChI=1S/C16H17FN2O2S/c1-10-4-9-15(22-10)11(2)18-19-16(20)12(3)21-14-7-5-13(17)6-8-14/h4-9,12H,1-3H3,(H,19,20)/b18-11-/t12-/m0/s1. The molecule has 2 rings (SSSR count). The van der Waals surface area contributed by atoms with E-state index < -0.39 is 6.10 Å². The smallest absolute Gasteiger partial charge is 0.280 e. The Morgan fingerprint density at radius 2 is 1.95 bits per heavy atom. The lowest BCUT2D eigenvalue weighted by atomic mass is 10.3. The summed E-state index contributed by atoms with van der Waals surface area (Å²) < 4.78 is 18.2. The molecule has 1 amide bonds. The zero-order chi connectivity index (χ0) is 16.1. The molecule has 0 saturated carbocycles. The number of hydrogen-bond donors (Lipinski definition) is 1. The van der Waals surface area contributed by atoms with Crippen molar-refractivity contribution in [3.8, 4) is 5.75 Å². The monoisotopic (exact) mass is 320 g/mol. The number of carbonyl (C=O) groups is 1. The number of rotatable bonds is 5. The van der Waals surface area contributed by atoms with Crippen LogP contribution in [0.2, 0.25) is 0 Å². The van der Waals surface area contributed by atoms with Crippen LogP contribution in [0.15, 0.2) is 41.5 Å². The highest BCUT2D eigenvalue weighted by Gasteiger charge is 2.14. The lowest BCUT2D eigenvalue weighted by Crippen LogP contribution is -2.33. The fraction of sp³-hybridized carbons (Fsp3) is 0.250. The summed E-state index contributed by atoms with van der Waals surface area (Å²) in [6.45, 7) is 5.45.